The van der Waals surface area contributed by atoms with E-state index in [1.807, 2.05) is 23.7 Å². The van der Waals surface area contributed by atoms with Gasteiger partial charge in [0.1, 0.15) is 11.3 Å². The van der Waals surface area contributed by atoms with Crippen molar-refractivity contribution in [3.63, 3.8) is 0 Å². The van der Waals surface area contributed by atoms with Crippen molar-refractivity contribution in [1.82, 2.24) is 9.78 Å². The largest absolute Gasteiger partial charge is 0.478 e. The lowest BCUT2D eigenvalue weighted by atomic mass is 9.96. The Morgan fingerprint density at radius 1 is 1.35 bits per heavy atom. The van der Waals surface area contributed by atoms with Crippen molar-refractivity contribution in [2.75, 3.05) is 0 Å². The van der Waals surface area contributed by atoms with E-state index in [0.29, 0.717) is 17.3 Å². The summed E-state index contributed by atoms with van der Waals surface area (Å²) in [5.74, 6) is -0.895. The average molecular weight is 290 g/mol. The molecule has 5 heteroatoms. The lowest BCUT2D eigenvalue weighted by Crippen LogP contribution is -2.13. The van der Waals surface area contributed by atoms with Gasteiger partial charge < -0.3 is 5.11 Å². The molecule has 2 aromatic rings. The molecule has 1 saturated carbocycles. The number of aryl methyl sites for hydroxylation is 1. The molecule has 0 amide bonds. The first-order valence-corrected chi connectivity index (χ1v) is 7.86. The minimum Gasteiger partial charge on any atom is -0.478 e. The van der Waals surface area contributed by atoms with Crippen molar-refractivity contribution < 1.29 is 9.90 Å². The summed E-state index contributed by atoms with van der Waals surface area (Å²) in [5.41, 5.74) is 0.929. The van der Waals surface area contributed by atoms with E-state index < -0.39 is 5.97 Å². The number of carboxylic acid groups (broad SMARTS) is 1. The van der Waals surface area contributed by atoms with Gasteiger partial charge in [-0.15, -0.1) is 11.3 Å². The molecule has 1 N–H and O–H groups in total. The molecule has 0 saturated heterocycles. The van der Waals surface area contributed by atoms with Gasteiger partial charge in [-0.05, 0) is 31.9 Å². The normalized spacial score (nSPS) is 16.4. The zero-order valence-electron chi connectivity index (χ0n) is 11.5. The highest BCUT2D eigenvalue weighted by Crippen LogP contribution is 2.33. The van der Waals surface area contributed by atoms with E-state index in [4.69, 9.17) is 0 Å². The number of thiophene rings is 1. The molecule has 3 rings (SSSR count). The fraction of sp³-hybridized carbons (Fsp3) is 0.467. The number of aromatic carboxylic acids is 1. The molecule has 0 radical (unpaired) electrons. The zero-order valence-corrected chi connectivity index (χ0v) is 12.3. The number of hydrogen-bond acceptors (Lipinski definition) is 3. The Balaban J connectivity index is 2.00. The van der Waals surface area contributed by atoms with Crippen LogP contribution in [0.4, 0.5) is 0 Å². The van der Waals surface area contributed by atoms with Gasteiger partial charge >= 0.3 is 5.97 Å². The van der Waals surface area contributed by atoms with Gasteiger partial charge in [-0.3, -0.25) is 4.68 Å². The average Bonchev–Trinajstić information content (AvgIpc) is 3.05. The van der Waals surface area contributed by atoms with Gasteiger partial charge in [-0.1, -0.05) is 19.3 Å². The second-order valence-electron chi connectivity index (χ2n) is 5.38. The number of nitrogens with zero attached hydrogens (tertiary/aromatic N) is 2. The zero-order chi connectivity index (χ0) is 14.1. The van der Waals surface area contributed by atoms with E-state index in [2.05, 4.69) is 5.10 Å². The Labute approximate surface area is 122 Å². The van der Waals surface area contributed by atoms with Crippen molar-refractivity contribution >= 4 is 17.3 Å². The summed E-state index contributed by atoms with van der Waals surface area (Å²) in [4.78, 5) is 13.6. The van der Waals surface area contributed by atoms with Gasteiger partial charge in [0.2, 0.25) is 0 Å². The number of rotatable bonds is 3. The summed E-state index contributed by atoms with van der Waals surface area (Å²) in [6.45, 7) is 2.02. The number of carboxylic acids is 1. The van der Waals surface area contributed by atoms with Crippen LogP contribution in [0.5, 0.6) is 0 Å². The second-order valence-corrected chi connectivity index (χ2v) is 6.67. The van der Waals surface area contributed by atoms with Crippen LogP contribution < -0.4 is 0 Å². The van der Waals surface area contributed by atoms with Crippen molar-refractivity contribution in [2.24, 2.45) is 0 Å². The van der Waals surface area contributed by atoms with Gasteiger partial charge in [0.15, 0.2) is 0 Å². The number of carbonyl (C=O) groups is 1. The van der Waals surface area contributed by atoms with Crippen LogP contribution in [0, 0.1) is 6.92 Å². The molecule has 2 heterocycles. The van der Waals surface area contributed by atoms with Crippen LogP contribution in [0.15, 0.2) is 18.3 Å². The van der Waals surface area contributed by atoms with Crippen molar-refractivity contribution in [1.29, 1.82) is 0 Å². The molecular formula is C15H18N2O2S. The molecule has 1 aliphatic rings. The second kappa shape index (κ2) is 5.40. The highest BCUT2D eigenvalue weighted by molar-refractivity contribution is 7.15. The van der Waals surface area contributed by atoms with Gasteiger partial charge in [0.05, 0.1) is 10.9 Å². The van der Waals surface area contributed by atoms with Gasteiger partial charge in [-0.2, -0.15) is 5.10 Å². The molecule has 2 aromatic heterocycles. The molecule has 106 valence electrons. The fourth-order valence-corrected chi connectivity index (χ4v) is 3.69. The highest BCUT2D eigenvalue weighted by Gasteiger charge is 2.22. The Bertz CT molecular complexity index is 624. The third-order valence-corrected chi connectivity index (χ3v) is 4.89. The molecule has 0 aromatic carbocycles. The minimum absolute atomic E-state index is 0.317. The van der Waals surface area contributed by atoms with E-state index in [1.165, 1.54) is 24.1 Å². The van der Waals surface area contributed by atoms with Gasteiger partial charge in [0, 0.05) is 11.1 Å². The van der Waals surface area contributed by atoms with Crippen LogP contribution in [-0.4, -0.2) is 20.9 Å². The van der Waals surface area contributed by atoms with E-state index in [-0.39, 0.29) is 0 Å². The summed E-state index contributed by atoms with van der Waals surface area (Å²) < 4.78 is 1.88. The Morgan fingerprint density at radius 3 is 2.70 bits per heavy atom. The molecule has 1 fully saturated rings. The molecule has 4 nitrogen and oxygen atoms in total. The molecular weight excluding hydrogens is 272 g/mol. The minimum atomic E-state index is -0.895. The van der Waals surface area contributed by atoms with Crippen molar-refractivity contribution in [3.8, 4) is 10.6 Å². The lowest BCUT2D eigenvalue weighted by molar-refractivity contribution is 0.0697. The van der Waals surface area contributed by atoms with Crippen molar-refractivity contribution in [3.05, 3.63) is 28.8 Å². The topological polar surface area (TPSA) is 55.1 Å². The van der Waals surface area contributed by atoms with Crippen molar-refractivity contribution in [2.45, 2.75) is 45.1 Å². The maximum Gasteiger partial charge on any atom is 0.339 e. The van der Waals surface area contributed by atoms with E-state index in [0.717, 1.165) is 17.7 Å². The summed E-state index contributed by atoms with van der Waals surface area (Å²) in [6, 6.07) is 4.32. The molecule has 0 atom stereocenters. The molecule has 0 unspecified atom stereocenters. The monoisotopic (exact) mass is 290 g/mol. The first-order valence-electron chi connectivity index (χ1n) is 7.04. The Morgan fingerprint density at radius 2 is 2.10 bits per heavy atom. The molecule has 0 aliphatic heterocycles. The quantitative estimate of drug-likeness (QED) is 0.925. The SMILES string of the molecule is Cc1ccc(-c2nn(C3CCCCC3)cc2C(=O)O)s1. The Kier molecular flexibility index (Phi) is 3.61. The smallest absolute Gasteiger partial charge is 0.339 e. The summed E-state index contributed by atoms with van der Waals surface area (Å²) in [5, 5.41) is 14.0. The third-order valence-electron chi connectivity index (χ3n) is 3.88. The van der Waals surface area contributed by atoms with Gasteiger partial charge in [-0.25, -0.2) is 4.79 Å². The summed E-state index contributed by atoms with van der Waals surface area (Å²) in [7, 11) is 0. The highest BCUT2D eigenvalue weighted by atomic mass is 32.1. The predicted molar refractivity (Wildman–Crippen MR) is 79.4 cm³/mol. The maximum absolute atomic E-state index is 11.4. The van der Waals surface area contributed by atoms with Crippen LogP contribution in [0.3, 0.4) is 0 Å². The standard InChI is InChI=1S/C15H18N2O2S/c1-10-7-8-13(20-10)14-12(15(18)19)9-17(16-14)11-5-3-2-4-6-11/h7-9,11H,2-6H2,1H3,(H,18,19). The number of hydrogen-bond donors (Lipinski definition) is 1. The first-order chi connectivity index (χ1) is 9.65. The lowest BCUT2D eigenvalue weighted by Gasteiger charge is -2.21. The first kappa shape index (κ1) is 13.4. The molecule has 0 bridgehead atoms. The molecule has 0 spiro atoms. The fourth-order valence-electron chi connectivity index (χ4n) is 2.82. The Hall–Kier alpha value is -1.62. The predicted octanol–water partition coefficient (Wildman–Crippen LogP) is 4.12. The van der Waals surface area contributed by atoms with Crippen LogP contribution in [0.1, 0.15) is 53.4 Å². The van der Waals surface area contributed by atoms with E-state index in [1.54, 1.807) is 17.5 Å². The maximum atomic E-state index is 11.4. The van der Waals surface area contributed by atoms with Gasteiger partial charge in [0.25, 0.3) is 0 Å². The summed E-state index contributed by atoms with van der Waals surface area (Å²) in [6.07, 6.45) is 7.61. The van der Waals surface area contributed by atoms with Crippen LogP contribution in [-0.2, 0) is 0 Å². The van der Waals surface area contributed by atoms with E-state index in [9.17, 15) is 9.90 Å². The molecule has 20 heavy (non-hydrogen) atoms. The number of aromatic nitrogens is 2. The third kappa shape index (κ3) is 2.50. The molecule has 1 aliphatic carbocycles. The van der Waals surface area contributed by atoms with E-state index >= 15 is 0 Å². The van der Waals surface area contributed by atoms with Crippen LogP contribution in [0.25, 0.3) is 10.6 Å². The summed E-state index contributed by atoms with van der Waals surface area (Å²) >= 11 is 1.59. The van der Waals surface area contributed by atoms with Crippen LogP contribution >= 0.6 is 11.3 Å². The van der Waals surface area contributed by atoms with Crippen LogP contribution in [0.2, 0.25) is 0 Å².